The lowest BCUT2D eigenvalue weighted by molar-refractivity contribution is 0.669. The van der Waals surface area contributed by atoms with Gasteiger partial charge in [0.2, 0.25) is 5.95 Å². The molecule has 5 aromatic carbocycles. The van der Waals surface area contributed by atoms with Crippen LogP contribution in [-0.2, 0) is 0 Å². The number of rotatable bonds is 2. The molecule has 0 atom stereocenters. The zero-order valence-corrected chi connectivity index (χ0v) is 20.1. The molecule has 5 nitrogen and oxygen atoms in total. The van der Waals surface area contributed by atoms with Gasteiger partial charge in [0.1, 0.15) is 17.2 Å². The van der Waals surface area contributed by atoms with E-state index >= 15 is 0 Å². The van der Waals surface area contributed by atoms with E-state index in [2.05, 4.69) is 64.2 Å². The molecule has 3 heterocycles. The van der Waals surface area contributed by atoms with Crippen molar-refractivity contribution in [1.82, 2.24) is 14.5 Å². The Bertz CT molecular complexity index is 2270. The van der Waals surface area contributed by atoms with Crippen LogP contribution in [0.4, 0.5) is 0 Å². The summed E-state index contributed by atoms with van der Waals surface area (Å²) in [4.78, 5) is 9.53. The Morgan fingerprint density at radius 1 is 0.579 bits per heavy atom. The van der Waals surface area contributed by atoms with Crippen molar-refractivity contribution in [2.75, 3.05) is 0 Å². The number of furan rings is 1. The zero-order valence-electron chi connectivity index (χ0n) is 20.1. The predicted molar refractivity (Wildman–Crippen MR) is 151 cm³/mol. The summed E-state index contributed by atoms with van der Waals surface area (Å²) in [7, 11) is 0. The van der Waals surface area contributed by atoms with E-state index < -0.39 is 0 Å². The molecular formula is C33H18N4O. The molecule has 176 valence electrons. The summed E-state index contributed by atoms with van der Waals surface area (Å²) in [6, 6.07) is 39.1. The molecule has 38 heavy (non-hydrogen) atoms. The average Bonchev–Trinajstić information content (AvgIpc) is 3.51. The minimum Gasteiger partial charge on any atom is -0.456 e. The number of para-hydroxylation sites is 3. The van der Waals surface area contributed by atoms with E-state index in [-0.39, 0.29) is 0 Å². The highest BCUT2D eigenvalue weighted by atomic mass is 16.3. The van der Waals surface area contributed by atoms with Crippen molar-refractivity contribution in [3.63, 3.8) is 0 Å². The van der Waals surface area contributed by atoms with Crippen molar-refractivity contribution >= 4 is 54.6 Å². The van der Waals surface area contributed by atoms with Gasteiger partial charge in [0.15, 0.2) is 5.69 Å². The fourth-order valence-corrected chi connectivity index (χ4v) is 5.52. The van der Waals surface area contributed by atoms with Gasteiger partial charge in [-0.3, -0.25) is 4.57 Å². The molecule has 0 amide bonds. The van der Waals surface area contributed by atoms with E-state index in [1.165, 1.54) is 0 Å². The normalized spacial score (nSPS) is 11.7. The standard InChI is InChI=1S/C33H18N4O/c34-19-28-24-9-1-4-10-27(24)35-33(36-28)37-29-11-5-2-7-22(29)25-17-20(13-15-30(25)37)21-14-16-32-26(18-21)23-8-3-6-12-31(23)38-32/h1-18H. The van der Waals surface area contributed by atoms with Gasteiger partial charge >= 0.3 is 0 Å². The van der Waals surface area contributed by atoms with Gasteiger partial charge < -0.3 is 4.42 Å². The Balaban J connectivity index is 1.38. The van der Waals surface area contributed by atoms with Crippen LogP contribution in [0, 0.1) is 11.3 Å². The SMILES string of the molecule is N#Cc1nc(-n2c3ccccc3c3cc(-c4ccc5oc6ccccc6c5c4)ccc32)nc2ccccc12. The Hall–Kier alpha value is -5.47. The number of benzene rings is 5. The highest BCUT2D eigenvalue weighted by molar-refractivity contribution is 6.11. The molecule has 3 aromatic heterocycles. The van der Waals surface area contributed by atoms with E-state index in [9.17, 15) is 5.26 Å². The lowest BCUT2D eigenvalue weighted by Gasteiger charge is -2.09. The second kappa shape index (κ2) is 7.76. The van der Waals surface area contributed by atoms with Crippen molar-refractivity contribution in [2.45, 2.75) is 0 Å². The van der Waals surface area contributed by atoms with E-state index in [0.29, 0.717) is 11.6 Å². The monoisotopic (exact) mass is 486 g/mol. The molecule has 0 unspecified atom stereocenters. The molecule has 0 aliphatic heterocycles. The molecule has 8 aromatic rings. The number of aromatic nitrogens is 3. The van der Waals surface area contributed by atoms with E-state index in [1.54, 1.807) is 0 Å². The van der Waals surface area contributed by atoms with Crippen LogP contribution in [0.25, 0.3) is 71.7 Å². The average molecular weight is 487 g/mol. The molecule has 0 aliphatic rings. The molecule has 0 aliphatic carbocycles. The smallest absolute Gasteiger partial charge is 0.236 e. The highest BCUT2D eigenvalue weighted by Gasteiger charge is 2.17. The summed E-state index contributed by atoms with van der Waals surface area (Å²) >= 11 is 0. The Morgan fingerprint density at radius 2 is 1.24 bits per heavy atom. The van der Waals surface area contributed by atoms with Gasteiger partial charge in [0.05, 0.1) is 16.6 Å². The van der Waals surface area contributed by atoms with Crippen molar-refractivity contribution < 1.29 is 4.42 Å². The van der Waals surface area contributed by atoms with Crippen LogP contribution in [0.3, 0.4) is 0 Å². The van der Waals surface area contributed by atoms with Crippen molar-refractivity contribution in [1.29, 1.82) is 5.26 Å². The van der Waals surface area contributed by atoms with Crippen LogP contribution in [0.15, 0.2) is 114 Å². The number of nitriles is 1. The summed E-state index contributed by atoms with van der Waals surface area (Å²) in [6.07, 6.45) is 0. The quantitative estimate of drug-likeness (QED) is 0.247. The summed E-state index contributed by atoms with van der Waals surface area (Å²) < 4.78 is 8.08. The second-order valence-electron chi connectivity index (χ2n) is 9.39. The van der Waals surface area contributed by atoms with E-state index in [1.807, 2.05) is 60.7 Å². The van der Waals surface area contributed by atoms with Crippen LogP contribution in [-0.4, -0.2) is 14.5 Å². The first-order valence-electron chi connectivity index (χ1n) is 12.4. The summed E-state index contributed by atoms with van der Waals surface area (Å²) in [5, 5.41) is 15.0. The van der Waals surface area contributed by atoms with E-state index in [4.69, 9.17) is 9.40 Å². The third-order valence-corrected chi connectivity index (χ3v) is 7.28. The molecule has 0 N–H and O–H groups in total. The third kappa shape index (κ3) is 2.92. The van der Waals surface area contributed by atoms with Crippen LogP contribution in [0.2, 0.25) is 0 Å². The largest absolute Gasteiger partial charge is 0.456 e. The Kier molecular flexibility index (Phi) is 4.23. The first-order valence-corrected chi connectivity index (χ1v) is 12.4. The van der Waals surface area contributed by atoms with Gasteiger partial charge in [-0.2, -0.15) is 5.26 Å². The number of fused-ring (bicyclic) bond motifs is 7. The highest BCUT2D eigenvalue weighted by Crippen LogP contribution is 2.37. The molecule has 0 spiro atoms. The molecule has 0 fully saturated rings. The van der Waals surface area contributed by atoms with Gasteiger partial charge in [-0.15, -0.1) is 0 Å². The molecule has 0 saturated carbocycles. The second-order valence-corrected chi connectivity index (χ2v) is 9.39. The first-order chi connectivity index (χ1) is 18.8. The van der Waals surface area contributed by atoms with Gasteiger partial charge in [0, 0.05) is 26.9 Å². The fourth-order valence-electron chi connectivity index (χ4n) is 5.52. The van der Waals surface area contributed by atoms with Crippen molar-refractivity contribution in [3.8, 4) is 23.1 Å². The first kappa shape index (κ1) is 20.7. The van der Waals surface area contributed by atoms with Crippen molar-refractivity contribution in [2.24, 2.45) is 0 Å². The van der Waals surface area contributed by atoms with Gasteiger partial charge in [0.25, 0.3) is 0 Å². The lowest BCUT2D eigenvalue weighted by atomic mass is 10.0. The fraction of sp³-hybridized carbons (Fsp3) is 0. The van der Waals surface area contributed by atoms with Gasteiger partial charge in [-0.1, -0.05) is 60.7 Å². The maximum Gasteiger partial charge on any atom is 0.236 e. The topological polar surface area (TPSA) is 67.6 Å². The Morgan fingerprint density at radius 3 is 2.11 bits per heavy atom. The molecule has 8 rings (SSSR count). The maximum atomic E-state index is 9.82. The number of hydrogen-bond acceptors (Lipinski definition) is 4. The molecule has 0 radical (unpaired) electrons. The molecule has 0 bridgehead atoms. The van der Waals surface area contributed by atoms with Crippen molar-refractivity contribution in [3.05, 3.63) is 115 Å². The summed E-state index contributed by atoms with van der Waals surface area (Å²) in [5.74, 6) is 0.491. The van der Waals surface area contributed by atoms with E-state index in [0.717, 1.165) is 65.8 Å². The van der Waals surface area contributed by atoms with Crippen LogP contribution < -0.4 is 0 Å². The van der Waals surface area contributed by atoms with Crippen LogP contribution in [0.5, 0.6) is 0 Å². The predicted octanol–water partition coefficient (Wildman–Crippen LogP) is 8.16. The zero-order chi connectivity index (χ0) is 25.2. The minimum absolute atomic E-state index is 0.369. The maximum absolute atomic E-state index is 9.82. The van der Waals surface area contributed by atoms with Gasteiger partial charge in [-0.05, 0) is 59.7 Å². The lowest BCUT2D eigenvalue weighted by Crippen LogP contribution is -2.03. The van der Waals surface area contributed by atoms with Crippen LogP contribution in [0.1, 0.15) is 5.69 Å². The summed E-state index contributed by atoms with van der Waals surface area (Å²) in [6.45, 7) is 0. The minimum atomic E-state index is 0.369. The number of nitrogens with zero attached hydrogens (tertiary/aromatic N) is 4. The van der Waals surface area contributed by atoms with Gasteiger partial charge in [-0.25, -0.2) is 9.97 Å². The third-order valence-electron chi connectivity index (χ3n) is 7.28. The summed E-state index contributed by atoms with van der Waals surface area (Å²) in [5.41, 5.74) is 7.12. The molecule has 5 heteroatoms. The van der Waals surface area contributed by atoms with Crippen LogP contribution >= 0.6 is 0 Å². The molecule has 0 saturated heterocycles. The Labute approximate surface area is 216 Å². The number of hydrogen-bond donors (Lipinski definition) is 0. The molecular weight excluding hydrogens is 468 g/mol.